The van der Waals surface area contributed by atoms with Crippen molar-refractivity contribution in [3.8, 4) is 11.3 Å². The normalized spacial score (nSPS) is 11.9. The number of benzene rings is 2. The number of nitrogens with zero attached hydrogens (tertiary/aromatic N) is 2. The van der Waals surface area contributed by atoms with E-state index in [1.807, 2.05) is 30.3 Å². The van der Waals surface area contributed by atoms with E-state index in [-0.39, 0.29) is 17.0 Å². The van der Waals surface area contributed by atoms with Gasteiger partial charge in [-0.05, 0) is 38.1 Å². The maximum absolute atomic E-state index is 14.0. The van der Waals surface area contributed by atoms with Crippen molar-refractivity contribution in [1.29, 1.82) is 0 Å². The van der Waals surface area contributed by atoms with Crippen LogP contribution in [-0.4, -0.2) is 28.1 Å². The zero-order valence-electron chi connectivity index (χ0n) is 17.1. The zero-order valence-corrected chi connectivity index (χ0v) is 18.6. The summed E-state index contributed by atoms with van der Waals surface area (Å²) in [6.07, 6.45) is -1.19. The van der Waals surface area contributed by atoms with Gasteiger partial charge in [0.1, 0.15) is 5.82 Å². The summed E-state index contributed by atoms with van der Waals surface area (Å²) in [5.41, 5.74) is 2.07. The van der Waals surface area contributed by atoms with Gasteiger partial charge >= 0.3 is 5.97 Å². The maximum Gasteiger partial charge on any atom is 0.339 e. The molecule has 0 saturated heterocycles. The van der Waals surface area contributed by atoms with Crippen LogP contribution in [0.5, 0.6) is 0 Å². The first-order valence-corrected chi connectivity index (χ1v) is 10.4. The van der Waals surface area contributed by atoms with E-state index in [9.17, 15) is 14.0 Å². The highest BCUT2D eigenvalue weighted by Gasteiger charge is 2.25. The first kappa shape index (κ1) is 21.6. The molecule has 1 unspecified atom stereocenters. The number of hydrogen-bond donors (Lipinski definition) is 1. The molecule has 162 valence electrons. The molecule has 0 radical (unpaired) electrons. The van der Waals surface area contributed by atoms with E-state index in [1.54, 1.807) is 19.1 Å². The van der Waals surface area contributed by atoms with Crippen LogP contribution in [-0.2, 0) is 9.53 Å². The summed E-state index contributed by atoms with van der Waals surface area (Å²) < 4.78 is 25.2. The van der Waals surface area contributed by atoms with Gasteiger partial charge in [-0.25, -0.2) is 14.2 Å². The average molecular weight is 498 g/mol. The Morgan fingerprint density at radius 2 is 1.91 bits per heavy atom. The molecular weight excluding hydrogens is 481 g/mol. The molecule has 0 saturated carbocycles. The van der Waals surface area contributed by atoms with Gasteiger partial charge in [-0.1, -0.05) is 51.4 Å². The minimum Gasteiger partial charge on any atom is -0.449 e. The van der Waals surface area contributed by atoms with Crippen LogP contribution in [0.2, 0.25) is 0 Å². The first-order chi connectivity index (χ1) is 15.3. The summed E-state index contributed by atoms with van der Waals surface area (Å²) in [5, 5.41) is 6.71. The van der Waals surface area contributed by atoms with Crippen molar-refractivity contribution in [2.45, 2.75) is 20.0 Å². The number of aryl methyl sites for hydroxylation is 1. The number of pyridine rings is 1. The molecular formula is C23H17BrFN3O4. The van der Waals surface area contributed by atoms with Crippen LogP contribution < -0.4 is 5.32 Å². The molecule has 0 fully saturated rings. The van der Waals surface area contributed by atoms with Crippen molar-refractivity contribution in [2.75, 3.05) is 5.32 Å². The Morgan fingerprint density at radius 1 is 1.16 bits per heavy atom. The Bertz CT molecular complexity index is 1320. The molecule has 0 aliphatic rings. The summed E-state index contributed by atoms with van der Waals surface area (Å²) in [4.78, 5) is 29.9. The van der Waals surface area contributed by atoms with E-state index in [0.717, 1.165) is 5.56 Å². The number of rotatable bonds is 5. The lowest BCUT2D eigenvalue weighted by molar-refractivity contribution is -0.123. The van der Waals surface area contributed by atoms with Gasteiger partial charge in [-0.3, -0.25) is 4.79 Å². The van der Waals surface area contributed by atoms with Crippen LogP contribution >= 0.6 is 15.9 Å². The topological polar surface area (TPSA) is 94.3 Å². The van der Waals surface area contributed by atoms with Gasteiger partial charge in [0, 0.05) is 10.0 Å². The number of amides is 1. The number of carbonyl (C=O) groups excluding carboxylic acids is 2. The molecule has 2 aromatic carbocycles. The monoisotopic (exact) mass is 497 g/mol. The molecule has 4 aromatic rings. The molecule has 1 amide bonds. The molecule has 1 atom stereocenters. The fourth-order valence-corrected chi connectivity index (χ4v) is 3.45. The van der Waals surface area contributed by atoms with E-state index in [4.69, 9.17) is 9.26 Å². The quantitative estimate of drug-likeness (QED) is 0.376. The SMILES string of the molecule is Cc1noc2nc(-c3ccccc3)cc(C(=O)OC(C)C(=O)Nc3ccc(Br)cc3F)c12. The Hall–Kier alpha value is -3.59. The summed E-state index contributed by atoms with van der Waals surface area (Å²) in [6, 6.07) is 15.0. The molecule has 32 heavy (non-hydrogen) atoms. The number of halogens is 2. The number of hydrogen-bond acceptors (Lipinski definition) is 6. The predicted molar refractivity (Wildman–Crippen MR) is 120 cm³/mol. The molecule has 0 aliphatic carbocycles. The van der Waals surface area contributed by atoms with Crippen LogP contribution in [0, 0.1) is 12.7 Å². The molecule has 1 N–H and O–H groups in total. The Balaban J connectivity index is 1.60. The van der Waals surface area contributed by atoms with Crippen LogP contribution in [0.25, 0.3) is 22.4 Å². The molecule has 2 aromatic heterocycles. The van der Waals surface area contributed by atoms with E-state index < -0.39 is 23.8 Å². The number of fused-ring (bicyclic) bond motifs is 1. The van der Waals surface area contributed by atoms with Crippen LogP contribution in [0.4, 0.5) is 10.1 Å². The minimum atomic E-state index is -1.19. The van der Waals surface area contributed by atoms with E-state index in [0.29, 0.717) is 21.2 Å². The average Bonchev–Trinajstić information content (AvgIpc) is 3.16. The molecule has 0 aliphatic heterocycles. The number of ether oxygens (including phenoxy) is 1. The second-order valence-electron chi connectivity index (χ2n) is 7.03. The first-order valence-electron chi connectivity index (χ1n) is 9.63. The molecule has 2 heterocycles. The van der Waals surface area contributed by atoms with E-state index in [2.05, 4.69) is 31.4 Å². The highest BCUT2D eigenvalue weighted by Crippen LogP contribution is 2.28. The third kappa shape index (κ3) is 4.38. The molecule has 0 spiro atoms. The number of nitrogens with one attached hydrogen (secondary N) is 1. The lowest BCUT2D eigenvalue weighted by Crippen LogP contribution is -2.30. The standard InChI is InChI=1S/C23H17BrFN3O4/c1-12-20-16(11-19(27-22(20)32-28-12)14-6-4-3-5-7-14)23(30)31-13(2)21(29)26-18-9-8-15(24)10-17(18)25/h3-11,13H,1-2H3,(H,26,29). The largest absolute Gasteiger partial charge is 0.449 e. The van der Waals surface area contributed by atoms with Crippen molar-refractivity contribution in [1.82, 2.24) is 10.1 Å². The van der Waals surface area contributed by atoms with Gasteiger partial charge in [0.2, 0.25) is 0 Å². The fourth-order valence-electron chi connectivity index (χ4n) is 3.12. The molecule has 4 rings (SSSR count). The molecule has 9 heteroatoms. The van der Waals surface area contributed by atoms with Crippen LogP contribution in [0.3, 0.4) is 0 Å². The summed E-state index contributed by atoms with van der Waals surface area (Å²) in [6.45, 7) is 3.08. The summed E-state index contributed by atoms with van der Waals surface area (Å²) >= 11 is 3.15. The van der Waals surface area contributed by atoms with Gasteiger partial charge < -0.3 is 14.6 Å². The van der Waals surface area contributed by atoms with Crippen molar-refractivity contribution in [3.63, 3.8) is 0 Å². The van der Waals surface area contributed by atoms with Crippen molar-refractivity contribution in [2.24, 2.45) is 0 Å². The smallest absolute Gasteiger partial charge is 0.339 e. The maximum atomic E-state index is 14.0. The summed E-state index contributed by atoms with van der Waals surface area (Å²) in [7, 11) is 0. The Kier molecular flexibility index (Phi) is 6.00. The number of aromatic nitrogens is 2. The second kappa shape index (κ2) is 8.88. The van der Waals surface area contributed by atoms with Gasteiger partial charge in [0.05, 0.1) is 28.0 Å². The van der Waals surface area contributed by atoms with Crippen molar-refractivity contribution < 1.29 is 23.2 Å². The third-order valence-corrected chi connectivity index (χ3v) is 5.24. The predicted octanol–water partition coefficient (Wildman–Crippen LogP) is 5.28. The van der Waals surface area contributed by atoms with Gasteiger partial charge in [0.15, 0.2) is 6.10 Å². The highest BCUT2D eigenvalue weighted by atomic mass is 79.9. The van der Waals surface area contributed by atoms with Crippen molar-refractivity contribution in [3.05, 3.63) is 76.1 Å². The van der Waals surface area contributed by atoms with Crippen LogP contribution in [0.15, 0.2) is 63.6 Å². The minimum absolute atomic E-state index is 0.0198. The van der Waals surface area contributed by atoms with E-state index >= 15 is 0 Å². The third-order valence-electron chi connectivity index (χ3n) is 4.75. The van der Waals surface area contributed by atoms with Crippen LogP contribution in [0.1, 0.15) is 23.0 Å². The fraction of sp³-hybridized carbons (Fsp3) is 0.130. The molecule has 7 nitrogen and oxygen atoms in total. The lowest BCUT2D eigenvalue weighted by atomic mass is 10.1. The Morgan fingerprint density at radius 3 is 2.62 bits per heavy atom. The number of esters is 1. The lowest BCUT2D eigenvalue weighted by Gasteiger charge is -2.15. The van der Waals surface area contributed by atoms with Gasteiger partial charge in [0.25, 0.3) is 11.6 Å². The van der Waals surface area contributed by atoms with Crippen molar-refractivity contribution >= 4 is 44.6 Å². The number of carbonyl (C=O) groups is 2. The number of anilines is 1. The molecule has 0 bridgehead atoms. The highest BCUT2D eigenvalue weighted by molar-refractivity contribution is 9.10. The van der Waals surface area contributed by atoms with Gasteiger partial charge in [-0.15, -0.1) is 0 Å². The zero-order chi connectivity index (χ0) is 22.8. The summed E-state index contributed by atoms with van der Waals surface area (Å²) in [5.74, 6) is -2.04. The van der Waals surface area contributed by atoms with E-state index in [1.165, 1.54) is 19.1 Å². The second-order valence-corrected chi connectivity index (χ2v) is 7.95. The van der Waals surface area contributed by atoms with Gasteiger partial charge in [-0.2, -0.15) is 0 Å². The Labute approximate surface area is 190 Å².